The lowest BCUT2D eigenvalue weighted by Crippen LogP contribution is -2.32. The highest BCUT2D eigenvalue weighted by Gasteiger charge is 2.22. The minimum Gasteiger partial charge on any atom is -0.491 e. The number of carbonyl (C=O) groups is 1. The molecule has 2 aromatic carbocycles. The molecule has 114 valence electrons. The summed E-state index contributed by atoms with van der Waals surface area (Å²) in [6, 6.07) is 9.10. The molecule has 4 nitrogen and oxygen atoms in total. The van der Waals surface area contributed by atoms with Gasteiger partial charge in [0.2, 0.25) is 0 Å². The molecule has 1 aliphatic heterocycles. The van der Waals surface area contributed by atoms with Crippen LogP contribution in [0.2, 0.25) is 5.02 Å². The van der Waals surface area contributed by atoms with Crippen LogP contribution in [0.15, 0.2) is 36.4 Å². The van der Waals surface area contributed by atoms with Gasteiger partial charge in [-0.2, -0.15) is 0 Å². The highest BCUT2D eigenvalue weighted by molar-refractivity contribution is 6.31. The molecule has 0 aromatic heterocycles. The van der Waals surface area contributed by atoms with Crippen LogP contribution in [-0.4, -0.2) is 24.0 Å². The fourth-order valence-corrected chi connectivity index (χ4v) is 2.60. The number of nitrogens with zero attached hydrogens (tertiary/aromatic N) is 1. The number of nitrogens with two attached hydrogens (primary N) is 1. The molecule has 0 radical (unpaired) electrons. The lowest BCUT2D eigenvalue weighted by molar-refractivity contribution is 0.0734. The third-order valence-electron chi connectivity index (χ3n) is 3.54. The Balaban J connectivity index is 1.88. The molecule has 0 unspecified atom stereocenters. The summed E-state index contributed by atoms with van der Waals surface area (Å²) in [7, 11) is 0. The predicted octanol–water partition coefficient (Wildman–Crippen LogP) is 3.10. The standard InChI is InChI=1S/C16H14ClFN2O2/c17-11-2-4-13(14(19)7-11)16(21)20-5-6-22-15-8-12(18)3-1-10(15)9-20/h1-4,7-8H,5-6,9,19H2. The molecule has 2 aromatic rings. The maximum atomic E-state index is 13.2. The highest BCUT2D eigenvalue weighted by atomic mass is 35.5. The summed E-state index contributed by atoms with van der Waals surface area (Å²) < 4.78 is 18.8. The molecule has 0 fully saturated rings. The van der Waals surface area contributed by atoms with Crippen molar-refractivity contribution in [1.82, 2.24) is 4.90 Å². The molecule has 1 heterocycles. The Labute approximate surface area is 132 Å². The summed E-state index contributed by atoms with van der Waals surface area (Å²) in [6.45, 7) is 1.05. The summed E-state index contributed by atoms with van der Waals surface area (Å²) in [5, 5.41) is 0.481. The number of halogens is 2. The zero-order valence-electron chi connectivity index (χ0n) is 11.7. The van der Waals surface area contributed by atoms with E-state index in [9.17, 15) is 9.18 Å². The van der Waals surface area contributed by atoms with Crippen LogP contribution in [0, 0.1) is 5.82 Å². The fraction of sp³-hybridized carbons (Fsp3) is 0.188. The van der Waals surface area contributed by atoms with Crippen LogP contribution in [0.1, 0.15) is 15.9 Å². The maximum absolute atomic E-state index is 13.2. The van der Waals surface area contributed by atoms with Crippen molar-refractivity contribution in [3.8, 4) is 5.75 Å². The van der Waals surface area contributed by atoms with Gasteiger partial charge in [0.05, 0.1) is 12.1 Å². The van der Waals surface area contributed by atoms with E-state index >= 15 is 0 Å². The fourth-order valence-electron chi connectivity index (χ4n) is 2.42. The molecule has 6 heteroatoms. The molecular weight excluding hydrogens is 307 g/mol. The summed E-state index contributed by atoms with van der Waals surface area (Å²) in [5.41, 5.74) is 7.37. The maximum Gasteiger partial charge on any atom is 0.256 e. The molecule has 0 atom stereocenters. The number of fused-ring (bicyclic) bond motifs is 1. The Morgan fingerprint density at radius 1 is 1.27 bits per heavy atom. The van der Waals surface area contributed by atoms with Gasteiger partial charge < -0.3 is 15.4 Å². The van der Waals surface area contributed by atoms with E-state index in [1.54, 1.807) is 29.2 Å². The molecule has 3 rings (SSSR count). The van der Waals surface area contributed by atoms with Crippen molar-refractivity contribution in [3.63, 3.8) is 0 Å². The number of anilines is 1. The van der Waals surface area contributed by atoms with Crippen molar-refractivity contribution in [2.24, 2.45) is 0 Å². The monoisotopic (exact) mass is 320 g/mol. The van der Waals surface area contributed by atoms with Gasteiger partial charge in [0.1, 0.15) is 18.2 Å². The number of hydrogen-bond acceptors (Lipinski definition) is 3. The first-order chi connectivity index (χ1) is 10.5. The van der Waals surface area contributed by atoms with Crippen molar-refractivity contribution in [3.05, 3.63) is 58.4 Å². The molecule has 2 N–H and O–H groups in total. The second-order valence-electron chi connectivity index (χ2n) is 5.06. The van der Waals surface area contributed by atoms with Crippen LogP contribution >= 0.6 is 11.6 Å². The quantitative estimate of drug-likeness (QED) is 0.821. The molecule has 0 saturated heterocycles. The van der Waals surface area contributed by atoms with Gasteiger partial charge in [-0.3, -0.25) is 4.79 Å². The van der Waals surface area contributed by atoms with Crippen molar-refractivity contribution in [1.29, 1.82) is 0 Å². The smallest absolute Gasteiger partial charge is 0.256 e. The minimum absolute atomic E-state index is 0.199. The van der Waals surface area contributed by atoms with Crippen LogP contribution < -0.4 is 10.5 Å². The lowest BCUT2D eigenvalue weighted by Gasteiger charge is -2.20. The summed E-state index contributed by atoms with van der Waals surface area (Å²) in [6.07, 6.45) is 0. The third-order valence-corrected chi connectivity index (χ3v) is 3.78. The SMILES string of the molecule is Nc1cc(Cl)ccc1C(=O)N1CCOc2cc(F)ccc2C1. The first-order valence-corrected chi connectivity index (χ1v) is 7.18. The average molecular weight is 321 g/mol. The van der Waals surface area contributed by atoms with Crippen LogP contribution in [0.5, 0.6) is 5.75 Å². The Morgan fingerprint density at radius 2 is 2.09 bits per heavy atom. The number of carbonyl (C=O) groups excluding carboxylic acids is 1. The molecular formula is C16H14ClFN2O2. The van der Waals surface area contributed by atoms with Crippen LogP contribution in [0.4, 0.5) is 10.1 Å². The number of nitrogen functional groups attached to an aromatic ring is 1. The van der Waals surface area contributed by atoms with E-state index in [1.807, 2.05) is 0 Å². The largest absolute Gasteiger partial charge is 0.491 e. The highest BCUT2D eigenvalue weighted by Crippen LogP contribution is 2.26. The summed E-state index contributed by atoms with van der Waals surface area (Å²) in [4.78, 5) is 14.3. The second kappa shape index (κ2) is 5.85. The normalized spacial score (nSPS) is 14.0. The van der Waals surface area contributed by atoms with E-state index in [1.165, 1.54) is 12.1 Å². The number of hydrogen-bond donors (Lipinski definition) is 1. The van der Waals surface area contributed by atoms with Crippen molar-refractivity contribution >= 4 is 23.2 Å². The molecule has 1 aliphatic rings. The van der Waals surface area contributed by atoms with Crippen molar-refractivity contribution in [2.75, 3.05) is 18.9 Å². The predicted molar refractivity (Wildman–Crippen MR) is 82.5 cm³/mol. The summed E-state index contributed by atoms with van der Waals surface area (Å²) in [5.74, 6) is -0.0882. The van der Waals surface area contributed by atoms with E-state index in [0.29, 0.717) is 41.7 Å². The van der Waals surface area contributed by atoms with E-state index in [4.69, 9.17) is 22.1 Å². The number of amides is 1. The van der Waals surface area contributed by atoms with Crippen LogP contribution in [-0.2, 0) is 6.54 Å². The van der Waals surface area contributed by atoms with Crippen LogP contribution in [0.25, 0.3) is 0 Å². The molecule has 0 aliphatic carbocycles. The number of ether oxygens (including phenoxy) is 1. The summed E-state index contributed by atoms with van der Waals surface area (Å²) >= 11 is 5.85. The first-order valence-electron chi connectivity index (χ1n) is 6.80. The number of rotatable bonds is 1. The number of benzene rings is 2. The first kappa shape index (κ1) is 14.7. The van der Waals surface area contributed by atoms with Gasteiger partial charge in [-0.25, -0.2) is 4.39 Å². The Morgan fingerprint density at radius 3 is 2.86 bits per heavy atom. The molecule has 1 amide bonds. The van der Waals surface area contributed by atoms with Gasteiger partial charge in [-0.1, -0.05) is 17.7 Å². The van der Waals surface area contributed by atoms with Gasteiger partial charge in [-0.15, -0.1) is 0 Å². The van der Waals surface area contributed by atoms with E-state index in [2.05, 4.69) is 0 Å². The lowest BCUT2D eigenvalue weighted by atomic mass is 10.1. The van der Waals surface area contributed by atoms with Crippen molar-refractivity contribution < 1.29 is 13.9 Å². The zero-order chi connectivity index (χ0) is 15.7. The van der Waals surface area contributed by atoms with E-state index < -0.39 is 0 Å². The Hall–Kier alpha value is -2.27. The average Bonchev–Trinajstić information content (AvgIpc) is 2.68. The third kappa shape index (κ3) is 2.85. The van der Waals surface area contributed by atoms with E-state index in [-0.39, 0.29) is 11.7 Å². The zero-order valence-corrected chi connectivity index (χ0v) is 12.4. The van der Waals surface area contributed by atoms with Gasteiger partial charge >= 0.3 is 0 Å². The molecule has 0 spiro atoms. The van der Waals surface area contributed by atoms with Gasteiger partial charge in [0, 0.05) is 28.9 Å². The molecule has 0 bridgehead atoms. The minimum atomic E-state index is -0.361. The molecule has 22 heavy (non-hydrogen) atoms. The van der Waals surface area contributed by atoms with Gasteiger partial charge in [0.15, 0.2) is 0 Å². The van der Waals surface area contributed by atoms with Gasteiger partial charge in [0.25, 0.3) is 5.91 Å². The van der Waals surface area contributed by atoms with Gasteiger partial charge in [-0.05, 0) is 24.3 Å². The Bertz CT molecular complexity index is 736. The molecule has 0 saturated carbocycles. The van der Waals surface area contributed by atoms with Crippen LogP contribution in [0.3, 0.4) is 0 Å². The Kier molecular flexibility index (Phi) is 3.90. The second-order valence-corrected chi connectivity index (χ2v) is 5.50. The topological polar surface area (TPSA) is 55.6 Å². The van der Waals surface area contributed by atoms with Crippen molar-refractivity contribution in [2.45, 2.75) is 6.54 Å². The van der Waals surface area contributed by atoms with E-state index in [0.717, 1.165) is 5.56 Å².